The molecule has 1 aliphatic heterocycles. The average molecular weight is 418 g/mol. The molecule has 1 aliphatic rings. The summed E-state index contributed by atoms with van der Waals surface area (Å²) in [6, 6.07) is 16.7. The molecule has 0 spiro atoms. The van der Waals surface area contributed by atoms with Crippen LogP contribution >= 0.6 is 12.4 Å². The van der Waals surface area contributed by atoms with Crippen molar-refractivity contribution in [1.82, 2.24) is 9.88 Å². The first-order chi connectivity index (χ1) is 13.0. The van der Waals surface area contributed by atoms with Gasteiger partial charge in [0.05, 0.1) is 21.0 Å². The molecular weight excluding hydrogens is 394 g/mol. The molecule has 1 atom stereocenters. The van der Waals surface area contributed by atoms with Crippen molar-refractivity contribution in [3.8, 4) is 0 Å². The van der Waals surface area contributed by atoms with E-state index >= 15 is 0 Å². The number of nitrogens with zero attached hydrogens (tertiary/aromatic N) is 3. The molecule has 0 amide bonds. The third kappa shape index (κ3) is 3.72. The monoisotopic (exact) mass is 417 g/mol. The number of fused-ring (bicyclic) bond motifs is 1. The summed E-state index contributed by atoms with van der Waals surface area (Å²) in [4.78, 5) is 9.66. The van der Waals surface area contributed by atoms with Gasteiger partial charge < -0.3 is 9.80 Å². The quantitative estimate of drug-likeness (QED) is 0.648. The van der Waals surface area contributed by atoms with Crippen molar-refractivity contribution in [2.75, 3.05) is 32.1 Å². The molecular formula is C21H24ClN3O2S. The van der Waals surface area contributed by atoms with Gasteiger partial charge >= 0.3 is 0 Å². The van der Waals surface area contributed by atoms with Crippen molar-refractivity contribution in [1.29, 1.82) is 0 Å². The Hall–Kier alpha value is -2.15. The lowest BCUT2D eigenvalue weighted by Gasteiger charge is -2.22. The van der Waals surface area contributed by atoms with Crippen molar-refractivity contribution >= 4 is 38.8 Å². The number of halogens is 1. The summed E-state index contributed by atoms with van der Waals surface area (Å²) >= 11 is 0. The van der Waals surface area contributed by atoms with Gasteiger partial charge in [0.2, 0.25) is 9.84 Å². The largest absolute Gasteiger partial charge is 0.368 e. The molecule has 2 heterocycles. The number of aromatic nitrogens is 1. The molecule has 4 rings (SSSR count). The lowest BCUT2D eigenvalue weighted by atomic mass is 10.2. The van der Waals surface area contributed by atoms with Gasteiger partial charge in [0.25, 0.3) is 0 Å². The van der Waals surface area contributed by atoms with E-state index in [1.807, 2.05) is 12.1 Å². The fraction of sp³-hybridized carbons (Fsp3) is 0.286. The second-order valence-electron chi connectivity index (χ2n) is 7.19. The summed E-state index contributed by atoms with van der Waals surface area (Å²) < 4.78 is 25.8. The first-order valence-electron chi connectivity index (χ1n) is 9.07. The number of benzene rings is 2. The van der Waals surface area contributed by atoms with Crippen LogP contribution in [0.4, 0.5) is 5.69 Å². The third-order valence-corrected chi connectivity index (χ3v) is 7.00. The topological polar surface area (TPSA) is 53.5 Å². The summed E-state index contributed by atoms with van der Waals surface area (Å²) in [6.45, 7) is 1.94. The Morgan fingerprint density at radius 1 is 1.04 bits per heavy atom. The standard InChI is InChI=1S/C21H23N3O2S.ClH/c1-23(2)17-11-12-24(15-17)20-10-6-7-16-13-19(14-22-21(16)20)27(25,26)18-8-4-3-5-9-18;/h3-10,13-14,17H,11-12,15H2,1-2H3;1H/t17-;/m0./s1. The van der Waals surface area contributed by atoms with Crippen LogP contribution in [0.2, 0.25) is 0 Å². The van der Waals surface area contributed by atoms with E-state index in [0.29, 0.717) is 6.04 Å². The van der Waals surface area contributed by atoms with Crippen LogP contribution in [0.25, 0.3) is 10.9 Å². The van der Waals surface area contributed by atoms with Gasteiger partial charge in [-0.1, -0.05) is 30.3 Å². The average Bonchev–Trinajstić information content (AvgIpc) is 3.18. The molecule has 1 saturated heterocycles. The SMILES string of the molecule is CN(C)[C@H]1CCN(c2cccc3cc(S(=O)(=O)c4ccccc4)cnc23)C1.Cl. The number of hydrogen-bond donors (Lipinski definition) is 0. The van der Waals surface area contributed by atoms with Crippen LogP contribution in [-0.2, 0) is 9.84 Å². The van der Waals surface area contributed by atoms with Gasteiger partial charge in [-0.2, -0.15) is 0 Å². The van der Waals surface area contributed by atoms with Gasteiger partial charge in [-0.25, -0.2) is 8.42 Å². The number of anilines is 1. The Bertz CT molecular complexity index is 1070. The van der Waals surface area contributed by atoms with Crippen LogP contribution in [0, 0.1) is 0 Å². The highest BCUT2D eigenvalue weighted by Gasteiger charge is 2.26. The van der Waals surface area contributed by atoms with E-state index in [9.17, 15) is 8.42 Å². The summed E-state index contributed by atoms with van der Waals surface area (Å²) in [6.07, 6.45) is 2.59. The smallest absolute Gasteiger partial charge is 0.208 e. The summed E-state index contributed by atoms with van der Waals surface area (Å²) in [5.74, 6) is 0. The molecule has 0 aliphatic carbocycles. The third-order valence-electron chi connectivity index (χ3n) is 5.26. The minimum Gasteiger partial charge on any atom is -0.368 e. The fourth-order valence-corrected chi connectivity index (χ4v) is 4.91. The maximum Gasteiger partial charge on any atom is 0.208 e. The van der Waals surface area contributed by atoms with E-state index in [1.54, 1.807) is 36.4 Å². The number of likely N-dealkylation sites (N-methyl/N-ethyl adjacent to an activating group) is 1. The normalized spacial score (nSPS) is 17.1. The number of sulfone groups is 1. The molecule has 28 heavy (non-hydrogen) atoms. The van der Waals surface area contributed by atoms with Gasteiger partial charge in [0.15, 0.2) is 0 Å². The summed E-state index contributed by atoms with van der Waals surface area (Å²) in [5.41, 5.74) is 1.92. The van der Waals surface area contributed by atoms with E-state index in [1.165, 1.54) is 6.20 Å². The van der Waals surface area contributed by atoms with Crippen LogP contribution in [0.1, 0.15) is 6.42 Å². The van der Waals surface area contributed by atoms with Gasteiger partial charge in [0.1, 0.15) is 0 Å². The van der Waals surface area contributed by atoms with Crippen LogP contribution in [0.15, 0.2) is 70.6 Å². The van der Waals surface area contributed by atoms with Gasteiger partial charge in [-0.05, 0) is 44.8 Å². The van der Waals surface area contributed by atoms with E-state index in [2.05, 4.69) is 34.9 Å². The van der Waals surface area contributed by atoms with Crippen molar-refractivity contribution in [2.24, 2.45) is 0 Å². The predicted molar refractivity (Wildman–Crippen MR) is 115 cm³/mol. The molecule has 5 nitrogen and oxygen atoms in total. The zero-order chi connectivity index (χ0) is 19.0. The molecule has 0 saturated carbocycles. The molecule has 148 valence electrons. The predicted octanol–water partition coefficient (Wildman–Crippen LogP) is 3.63. The highest BCUT2D eigenvalue weighted by atomic mass is 35.5. The molecule has 2 aromatic carbocycles. The van der Waals surface area contributed by atoms with Gasteiger partial charge in [-0.3, -0.25) is 4.98 Å². The minimum atomic E-state index is -3.57. The van der Waals surface area contributed by atoms with Crippen LogP contribution in [-0.4, -0.2) is 51.5 Å². The van der Waals surface area contributed by atoms with E-state index in [-0.39, 0.29) is 22.2 Å². The highest BCUT2D eigenvalue weighted by Crippen LogP contribution is 2.31. The van der Waals surface area contributed by atoms with Crippen molar-refractivity contribution in [2.45, 2.75) is 22.3 Å². The fourth-order valence-electron chi connectivity index (χ4n) is 3.64. The van der Waals surface area contributed by atoms with Gasteiger partial charge in [-0.15, -0.1) is 12.4 Å². The first-order valence-corrected chi connectivity index (χ1v) is 10.6. The lowest BCUT2D eigenvalue weighted by molar-refractivity contribution is 0.315. The van der Waals surface area contributed by atoms with Crippen LogP contribution in [0.3, 0.4) is 0 Å². The maximum atomic E-state index is 12.9. The van der Waals surface area contributed by atoms with Crippen LogP contribution < -0.4 is 4.90 Å². The lowest BCUT2D eigenvalue weighted by Crippen LogP contribution is -2.31. The van der Waals surface area contributed by atoms with E-state index in [0.717, 1.165) is 36.1 Å². The van der Waals surface area contributed by atoms with Gasteiger partial charge in [0, 0.05) is 30.7 Å². The highest BCUT2D eigenvalue weighted by molar-refractivity contribution is 7.91. The molecule has 0 bridgehead atoms. The van der Waals surface area contributed by atoms with Crippen molar-refractivity contribution in [3.05, 3.63) is 60.8 Å². The second kappa shape index (κ2) is 8.07. The summed E-state index contributed by atoms with van der Waals surface area (Å²) in [5, 5.41) is 0.845. The van der Waals surface area contributed by atoms with Crippen LogP contribution in [0.5, 0.6) is 0 Å². The number of rotatable bonds is 4. The Balaban J connectivity index is 0.00000225. The maximum absolute atomic E-state index is 12.9. The molecule has 1 fully saturated rings. The molecule has 0 radical (unpaired) electrons. The Kier molecular flexibility index (Phi) is 5.93. The Morgan fingerprint density at radius 2 is 1.79 bits per heavy atom. The zero-order valence-electron chi connectivity index (χ0n) is 15.9. The van der Waals surface area contributed by atoms with Crippen molar-refractivity contribution < 1.29 is 8.42 Å². The Labute approximate surface area is 172 Å². The Morgan fingerprint density at radius 3 is 2.46 bits per heavy atom. The van der Waals surface area contributed by atoms with Crippen molar-refractivity contribution in [3.63, 3.8) is 0 Å². The molecule has 7 heteroatoms. The van der Waals surface area contributed by atoms with E-state index in [4.69, 9.17) is 0 Å². The number of hydrogen-bond acceptors (Lipinski definition) is 5. The molecule has 0 N–H and O–H groups in total. The summed E-state index contributed by atoms with van der Waals surface area (Å²) in [7, 11) is 0.650. The number of pyridine rings is 1. The molecule has 1 aromatic heterocycles. The second-order valence-corrected chi connectivity index (χ2v) is 9.14. The van der Waals surface area contributed by atoms with E-state index < -0.39 is 9.84 Å². The zero-order valence-corrected chi connectivity index (χ0v) is 17.6. The molecule has 0 unspecified atom stereocenters. The minimum absolute atomic E-state index is 0. The first kappa shape index (κ1) is 20.6. The number of para-hydroxylation sites is 1. The molecule has 3 aromatic rings.